The van der Waals surface area contributed by atoms with E-state index in [0.717, 1.165) is 29.2 Å². The summed E-state index contributed by atoms with van der Waals surface area (Å²) in [6.45, 7) is 12.3. The maximum Gasteiger partial charge on any atom is 0.209 e. The van der Waals surface area contributed by atoms with Crippen molar-refractivity contribution >= 4 is 29.0 Å². The highest BCUT2D eigenvalue weighted by molar-refractivity contribution is 6.25. The molecule has 2 aromatic rings. The van der Waals surface area contributed by atoms with Gasteiger partial charge in [0.25, 0.3) is 0 Å². The number of allylic oxidation sites excluding steroid dienone is 3. The molecule has 44 heavy (non-hydrogen) atoms. The highest BCUT2D eigenvalue weighted by Gasteiger charge is 2.71. The molecule has 0 spiro atoms. The average molecular weight is 597 g/mol. The second-order valence-corrected chi connectivity index (χ2v) is 14.4. The molecule has 1 unspecified atom stereocenters. The molecule has 7 nitrogen and oxygen atoms in total. The Morgan fingerprint density at radius 2 is 1.68 bits per heavy atom. The monoisotopic (exact) mass is 596 g/mol. The van der Waals surface area contributed by atoms with E-state index in [1.54, 1.807) is 6.92 Å². The van der Waals surface area contributed by atoms with Crippen LogP contribution in [-0.2, 0) is 22.4 Å². The molecule has 0 fully saturated rings. The molecule has 0 aliphatic heterocycles. The van der Waals surface area contributed by atoms with Crippen LogP contribution in [-0.4, -0.2) is 43.4 Å². The van der Waals surface area contributed by atoms with Crippen molar-refractivity contribution in [2.24, 2.45) is 22.7 Å². The fraction of sp³-hybridized carbons (Fsp3) is 0.432. The Labute approximate surface area is 257 Å². The van der Waals surface area contributed by atoms with E-state index in [0.29, 0.717) is 17.5 Å². The van der Waals surface area contributed by atoms with Crippen molar-refractivity contribution in [2.45, 2.75) is 79.2 Å². The first-order chi connectivity index (χ1) is 20.5. The number of carbonyl (C=O) groups is 3. The zero-order valence-corrected chi connectivity index (χ0v) is 26.3. The molecule has 0 amide bonds. The number of Topliss-reactive ketones (excluding diaryl/α,β-unsaturated/α-hetero) is 3. The SMILES string of the molecule is CC(=O)C1=C(O)C(C(C)C)[C@@]2(C)C[C@@]3(C)Cc4c(C(C)C)cc(C5=Cc6ccccc6C5)c(O)c4C(=O)C3=C(O)[C@@]2(O)C1=O. The number of aliphatic hydroxyl groups excluding tert-OH is 2. The summed E-state index contributed by atoms with van der Waals surface area (Å²) in [7, 11) is 0. The van der Waals surface area contributed by atoms with Crippen molar-refractivity contribution in [3.05, 3.63) is 86.4 Å². The van der Waals surface area contributed by atoms with E-state index in [-0.39, 0.29) is 47.3 Å². The van der Waals surface area contributed by atoms with Crippen molar-refractivity contribution in [3.63, 3.8) is 0 Å². The standard InChI is InChI=1S/C37H40O7/c1-17(2)23-14-24(22-12-20-10-8-9-11-21(20)13-22)30(39)27-25(23)15-35(6)16-36(7)28(18(3)4)31(40)26(19(5)38)33(42)37(36,44)34(43)29(35)32(27)41/h8-12,14,17-18,28,39-40,43-44H,13,15-16H2,1-7H3/t28?,35-,36-,37+/m1/s1. The lowest BCUT2D eigenvalue weighted by Gasteiger charge is -2.59. The molecule has 0 radical (unpaired) electrons. The van der Waals surface area contributed by atoms with Gasteiger partial charge in [0.05, 0.1) is 5.56 Å². The number of phenols is 1. The topological polar surface area (TPSA) is 132 Å². The van der Waals surface area contributed by atoms with E-state index in [1.807, 2.05) is 71.0 Å². The third-order valence-electron chi connectivity index (χ3n) is 10.8. The Morgan fingerprint density at radius 3 is 2.27 bits per heavy atom. The minimum Gasteiger partial charge on any atom is -0.511 e. The molecule has 0 bridgehead atoms. The van der Waals surface area contributed by atoms with Gasteiger partial charge in [-0.15, -0.1) is 0 Å². The smallest absolute Gasteiger partial charge is 0.209 e. The van der Waals surface area contributed by atoms with Crippen LogP contribution in [0, 0.1) is 22.7 Å². The lowest BCUT2D eigenvalue weighted by molar-refractivity contribution is -0.171. The lowest BCUT2D eigenvalue weighted by Crippen LogP contribution is -2.67. The number of aliphatic hydroxyl groups is 3. The molecule has 230 valence electrons. The van der Waals surface area contributed by atoms with Crippen LogP contribution < -0.4 is 0 Å². The van der Waals surface area contributed by atoms with Gasteiger partial charge in [0, 0.05) is 27.9 Å². The van der Waals surface area contributed by atoms with Crippen molar-refractivity contribution in [1.29, 1.82) is 0 Å². The number of hydrogen-bond donors (Lipinski definition) is 4. The number of benzene rings is 2. The Bertz CT molecular complexity index is 1790. The van der Waals surface area contributed by atoms with Gasteiger partial charge in [0.1, 0.15) is 22.8 Å². The second-order valence-electron chi connectivity index (χ2n) is 14.4. The first-order valence-corrected chi connectivity index (χ1v) is 15.4. The molecule has 4 aliphatic carbocycles. The van der Waals surface area contributed by atoms with Gasteiger partial charge >= 0.3 is 0 Å². The molecular formula is C37H40O7. The van der Waals surface area contributed by atoms with Crippen LogP contribution in [0.1, 0.15) is 99.0 Å². The second kappa shape index (κ2) is 9.51. The molecule has 4 N–H and O–H groups in total. The molecule has 4 aliphatic rings. The normalized spacial score (nSPS) is 29.5. The van der Waals surface area contributed by atoms with Gasteiger partial charge in [-0.2, -0.15) is 0 Å². The molecule has 0 saturated heterocycles. The van der Waals surface area contributed by atoms with Crippen LogP contribution in [0.5, 0.6) is 5.75 Å². The highest BCUT2D eigenvalue weighted by atomic mass is 16.3. The molecule has 0 saturated carbocycles. The Morgan fingerprint density at radius 1 is 1.02 bits per heavy atom. The Balaban J connectivity index is 1.61. The fourth-order valence-corrected chi connectivity index (χ4v) is 9.04. The zero-order chi connectivity index (χ0) is 32.3. The molecule has 2 aromatic carbocycles. The Kier molecular flexibility index (Phi) is 6.50. The summed E-state index contributed by atoms with van der Waals surface area (Å²) < 4.78 is 0. The maximum absolute atomic E-state index is 14.6. The van der Waals surface area contributed by atoms with E-state index >= 15 is 0 Å². The molecule has 7 heteroatoms. The van der Waals surface area contributed by atoms with Crippen LogP contribution in [0.15, 0.2) is 53.0 Å². The third-order valence-corrected chi connectivity index (χ3v) is 10.8. The Hall–Kier alpha value is -3.97. The van der Waals surface area contributed by atoms with Gasteiger partial charge < -0.3 is 20.4 Å². The molecule has 0 heterocycles. The predicted octanol–water partition coefficient (Wildman–Crippen LogP) is 6.57. The largest absolute Gasteiger partial charge is 0.511 e. The average Bonchev–Trinajstić information content (AvgIpc) is 3.34. The van der Waals surface area contributed by atoms with E-state index in [1.165, 1.54) is 0 Å². The number of rotatable bonds is 4. The number of ketones is 3. The van der Waals surface area contributed by atoms with Crippen LogP contribution >= 0.6 is 0 Å². The maximum atomic E-state index is 14.6. The summed E-state index contributed by atoms with van der Waals surface area (Å²) in [5.41, 5.74) is -0.550. The van der Waals surface area contributed by atoms with Crippen molar-refractivity contribution in [3.8, 4) is 5.75 Å². The minimum atomic E-state index is -2.62. The quantitative estimate of drug-likeness (QED) is 0.294. The number of phenolic OH excluding ortho intramolecular Hbond substituents is 1. The first kappa shape index (κ1) is 30.1. The summed E-state index contributed by atoms with van der Waals surface area (Å²) in [6, 6.07) is 9.93. The van der Waals surface area contributed by atoms with Gasteiger partial charge in [-0.1, -0.05) is 71.9 Å². The molecule has 6 rings (SSSR count). The molecule has 4 atom stereocenters. The van der Waals surface area contributed by atoms with E-state index in [2.05, 4.69) is 0 Å². The number of aromatic hydroxyl groups is 1. The van der Waals surface area contributed by atoms with Crippen LogP contribution in [0.25, 0.3) is 11.6 Å². The summed E-state index contributed by atoms with van der Waals surface area (Å²) in [5, 5.41) is 47.4. The number of fused-ring (bicyclic) bond motifs is 4. The summed E-state index contributed by atoms with van der Waals surface area (Å²) in [5.74, 6) is -5.01. The molecule has 0 aromatic heterocycles. The van der Waals surface area contributed by atoms with Gasteiger partial charge in [0.15, 0.2) is 17.2 Å². The highest BCUT2D eigenvalue weighted by Crippen LogP contribution is 2.65. The summed E-state index contributed by atoms with van der Waals surface area (Å²) >= 11 is 0. The fourth-order valence-electron chi connectivity index (χ4n) is 9.04. The van der Waals surface area contributed by atoms with Gasteiger partial charge in [0.2, 0.25) is 5.78 Å². The number of carbonyl (C=O) groups excluding carboxylic acids is 3. The van der Waals surface area contributed by atoms with Crippen LogP contribution in [0.2, 0.25) is 0 Å². The molecular weight excluding hydrogens is 556 g/mol. The zero-order valence-electron chi connectivity index (χ0n) is 26.3. The third kappa shape index (κ3) is 3.68. The number of hydrogen-bond acceptors (Lipinski definition) is 7. The van der Waals surface area contributed by atoms with E-state index in [9.17, 15) is 34.8 Å². The minimum absolute atomic E-state index is 0.00360. The summed E-state index contributed by atoms with van der Waals surface area (Å²) in [4.78, 5) is 41.2. The van der Waals surface area contributed by atoms with E-state index < -0.39 is 51.0 Å². The predicted molar refractivity (Wildman–Crippen MR) is 167 cm³/mol. The van der Waals surface area contributed by atoms with Gasteiger partial charge in [-0.3, -0.25) is 14.4 Å². The van der Waals surface area contributed by atoms with Gasteiger partial charge in [-0.05, 0) is 71.9 Å². The van der Waals surface area contributed by atoms with E-state index in [4.69, 9.17) is 0 Å². The van der Waals surface area contributed by atoms with Gasteiger partial charge in [-0.25, -0.2) is 0 Å². The first-order valence-electron chi connectivity index (χ1n) is 15.4. The van der Waals surface area contributed by atoms with Crippen LogP contribution in [0.3, 0.4) is 0 Å². The van der Waals surface area contributed by atoms with Crippen molar-refractivity contribution < 1.29 is 34.8 Å². The summed E-state index contributed by atoms with van der Waals surface area (Å²) in [6.07, 6.45) is 2.94. The van der Waals surface area contributed by atoms with Crippen molar-refractivity contribution in [1.82, 2.24) is 0 Å². The lowest BCUT2D eigenvalue weighted by atomic mass is 9.44. The van der Waals surface area contributed by atoms with Crippen LogP contribution in [0.4, 0.5) is 0 Å². The van der Waals surface area contributed by atoms with Crippen molar-refractivity contribution in [2.75, 3.05) is 0 Å².